The molecule has 2 N–H and O–H groups in total. The number of hydrogen-bond acceptors (Lipinski definition) is 2. The highest BCUT2D eigenvalue weighted by atomic mass is 15.3. The van der Waals surface area contributed by atoms with Crippen molar-refractivity contribution >= 4 is 0 Å². The van der Waals surface area contributed by atoms with Gasteiger partial charge in [0.1, 0.15) is 0 Å². The fourth-order valence-corrected chi connectivity index (χ4v) is 1.09. The molecule has 0 amide bonds. The van der Waals surface area contributed by atoms with Gasteiger partial charge in [0.2, 0.25) is 0 Å². The molecular weight excluding hydrogens is 162 g/mol. The minimum absolute atomic E-state index is 0.0349. The van der Waals surface area contributed by atoms with Gasteiger partial charge in [-0.3, -0.25) is 4.68 Å². The lowest BCUT2D eigenvalue weighted by Crippen LogP contribution is -2.27. The van der Waals surface area contributed by atoms with E-state index in [4.69, 9.17) is 5.73 Å². The third-order valence-electron chi connectivity index (χ3n) is 2.42. The Hall–Kier alpha value is -0.830. The van der Waals surface area contributed by atoms with Crippen molar-refractivity contribution in [1.29, 1.82) is 0 Å². The minimum atomic E-state index is 0.0349. The summed E-state index contributed by atoms with van der Waals surface area (Å²) in [6.07, 6.45) is 3.99. The normalized spacial score (nSPS) is 12.5. The van der Waals surface area contributed by atoms with E-state index in [0.717, 1.165) is 0 Å². The van der Waals surface area contributed by atoms with Crippen molar-refractivity contribution in [1.82, 2.24) is 9.78 Å². The highest BCUT2D eigenvalue weighted by Crippen LogP contribution is 2.21. The molecule has 74 valence electrons. The Balaban J connectivity index is 2.91. The van der Waals surface area contributed by atoms with Gasteiger partial charge in [0.05, 0.1) is 6.20 Å². The highest BCUT2D eigenvalue weighted by Gasteiger charge is 2.20. The molecule has 0 unspecified atom stereocenters. The molecule has 1 aromatic heterocycles. The maximum atomic E-state index is 5.69. The predicted octanol–water partition coefficient (Wildman–Crippen LogP) is 1.70. The lowest BCUT2D eigenvalue weighted by atomic mass is 9.87. The van der Waals surface area contributed by atoms with Crippen LogP contribution in [0.25, 0.3) is 0 Å². The quantitative estimate of drug-likeness (QED) is 0.771. The van der Waals surface area contributed by atoms with Gasteiger partial charge in [-0.05, 0) is 19.4 Å². The first-order chi connectivity index (χ1) is 5.97. The lowest BCUT2D eigenvalue weighted by molar-refractivity contribution is 0.519. The van der Waals surface area contributed by atoms with E-state index in [1.54, 1.807) is 0 Å². The summed E-state index contributed by atoms with van der Waals surface area (Å²) in [5.41, 5.74) is 6.93. The van der Waals surface area contributed by atoms with E-state index >= 15 is 0 Å². The maximum Gasteiger partial charge on any atom is 0.0527 e. The molecule has 0 saturated heterocycles. The van der Waals surface area contributed by atoms with Crippen LogP contribution in [0.2, 0.25) is 0 Å². The molecule has 0 atom stereocenters. The molecule has 3 nitrogen and oxygen atoms in total. The third kappa shape index (κ3) is 2.10. The van der Waals surface area contributed by atoms with Crippen LogP contribution >= 0.6 is 0 Å². The molecule has 0 fully saturated rings. The number of nitrogens with two attached hydrogens (primary N) is 1. The largest absolute Gasteiger partial charge is 0.330 e. The Bertz CT molecular complexity index is 273. The molecular formula is C10H19N3. The Labute approximate surface area is 79.9 Å². The van der Waals surface area contributed by atoms with Gasteiger partial charge in [-0.15, -0.1) is 0 Å². The Kier molecular flexibility index (Phi) is 2.76. The van der Waals surface area contributed by atoms with E-state index in [1.165, 1.54) is 5.56 Å². The van der Waals surface area contributed by atoms with E-state index in [1.807, 2.05) is 10.9 Å². The van der Waals surface area contributed by atoms with Crippen molar-refractivity contribution in [3.8, 4) is 0 Å². The van der Waals surface area contributed by atoms with E-state index in [0.29, 0.717) is 12.6 Å². The van der Waals surface area contributed by atoms with Crippen LogP contribution in [0.3, 0.4) is 0 Å². The van der Waals surface area contributed by atoms with Crippen LogP contribution in [-0.4, -0.2) is 16.3 Å². The van der Waals surface area contributed by atoms with Crippen molar-refractivity contribution in [2.45, 2.75) is 39.2 Å². The van der Waals surface area contributed by atoms with Crippen LogP contribution in [-0.2, 0) is 5.41 Å². The van der Waals surface area contributed by atoms with Gasteiger partial charge in [0.15, 0.2) is 0 Å². The first-order valence-corrected chi connectivity index (χ1v) is 4.72. The summed E-state index contributed by atoms with van der Waals surface area (Å²) >= 11 is 0. The fraction of sp³-hybridized carbons (Fsp3) is 0.700. The monoisotopic (exact) mass is 181 g/mol. The maximum absolute atomic E-state index is 5.69. The molecule has 0 radical (unpaired) electrons. The van der Waals surface area contributed by atoms with Crippen molar-refractivity contribution in [3.63, 3.8) is 0 Å². The van der Waals surface area contributed by atoms with E-state index < -0.39 is 0 Å². The van der Waals surface area contributed by atoms with Gasteiger partial charge in [0.25, 0.3) is 0 Å². The number of aromatic nitrogens is 2. The molecule has 13 heavy (non-hydrogen) atoms. The van der Waals surface area contributed by atoms with E-state index in [-0.39, 0.29) is 5.41 Å². The van der Waals surface area contributed by atoms with Crippen LogP contribution in [0, 0.1) is 0 Å². The second kappa shape index (κ2) is 3.50. The minimum Gasteiger partial charge on any atom is -0.330 e. The zero-order chi connectivity index (χ0) is 10.1. The van der Waals surface area contributed by atoms with Gasteiger partial charge in [-0.25, -0.2) is 0 Å². The van der Waals surface area contributed by atoms with Gasteiger partial charge in [-0.1, -0.05) is 13.8 Å². The summed E-state index contributed by atoms with van der Waals surface area (Å²) in [4.78, 5) is 0. The van der Waals surface area contributed by atoms with Crippen LogP contribution in [0.4, 0.5) is 0 Å². The summed E-state index contributed by atoms with van der Waals surface area (Å²) in [6, 6.07) is 0.419. The zero-order valence-corrected chi connectivity index (χ0v) is 8.91. The molecule has 1 rings (SSSR count). The second-order valence-electron chi connectivity index (χ2n) is 4.39. The summed E-state index contributed by atoms with van der Waals surface area (Å²) in [7, 11) is 0. The Morgan fingerprint density at radius 2 is 2.15 bits per heavy atom. The molecule has 1 heterocycles. The molecule has 0 saturated carbocycles. The smallest absolute Gasteiger partial charge is 0.0527 e. The number of rotatable bonds is 3. The molecule has 1 aromatic rings. The SMILES string of the molecule is CC(C)n1cc(C(C)(C)CN)cn1. The first kappa shape index (κ1) is 10.3. The highest BCUT2D eigenvalue weighted by molar-refractivity contribution is 5.17. The van der Waals surface area contributed by atoms with Crippen molar-refractivity contribution in [3.05, 3.63) is 18.0 Å². The average molecular weight is 181 g/mol. The van der Waals surface area contributed by atoms with Crippen molar-refractivity contribution < 1.29 is 0 Å². The average Bonchev–Trinajstić information content (AvgIpc) is 2.52. The molecule has 0 aromatic carbocycles. The van der Waals surface area contributed by atoms with Crippen molar-refractivity contribution in [2.75, 3.05) is 6.54 Å². The van der Waals surface area contributed by atoms with E-state index in [9.17, 15) is 0 Å². The molecule has 0 aliphatic carbocycles. The summed E-state index contributed by atoms with van der Waals surface area (Å²) in [6.45, 7) is 9.15. The Morgan fingerprint density at radius 3 is 2.54 bits per heavy atom. The fourth-order valence-electron chi connectivity index (χ4n) is 1.09. The van der Waals surface area contributed by atoms with Gasteiger partial charge >= 0.3 is 0 Å². The van der Waals surface area contributed by atoms with E-state index in [2.05, 4.69) is 39.0 Å². The zero-order valence-electron chi connectivity index (χ0n) is 8.91. The number of hydrogen-bond donors (Lipinski definition) is 1. The summed E-state index contributed by atoms with van der Waals surface area (Å²) < 4.78 is 1.97. The van der Waals surface area contributed by atoms with Gasteiger partial charge in [0, 0.05) is 24.2 Å². The number of nitrogens with zero attached hydrogens (tertiary/aromatic N) is 2. The van der Waals surface area contributed by atoms with Crippen molar-refractivity contribution in [2.24, 2.45) is 5.73 Å². The molecule has 0 spiro atoms. The third-order valence-corrected chi connectivity index (χ3v) is 2.42. The summed E-state index contributed by atoms with van der Waals surface area (Å²) in [5, 5.41) is 4.29. The van der Waals surface area contributed by atoms with Gasteiger partial charge < -0.3 is 5.73 Å². The van der Waals surface area contributed by atoms with Crippen LogP contribution in [0.5, 0.6) is 0 Å². The Morgan fingerprint density at radius 1 is 1.54 bits per heavy atom. The molecule has 0 aliphatic rings. The lowest BCUT2D eigenvalue weighted by Gasteiger charge is -2.20. The molecule has 3 heteroatoms. The standard InChI is InChI=1S/C10H19N3/c1-8(2)13-6-9(5-12-13)10(3,4)7-11/h5-6,8H,7,11H2,1-4H3. The first-order valence-electron chi connectivity index (χ1n) is 4.72. The summed E-state index contributed by atoms with van der Waals surface area (Å²) in [5.74, 6) is 0. The second-order valence-corrected chi connectivity index (χ2v) is 4.39. The molecule has 0 bridgehead atoms. The topological polar surface area (TPSA) is 43.8 Å². The van der Waals surface area contributed by atoms with Crippen LogP contribution in [0.1, 0.15) is 39.3 Å². The molecule has 0 aliphatic heterocycles. The predicted molar refractivity (Wildman–Crippen MR) is 54.7 cm³/mol. The van der Waals surface area contributed by atoms with Gasteiger partial charge in [-0.2, -0.15) is 5.10 Å². The van der Waals surface area contributed by atoms with Crippen LogP contribution < -0.4 is 5.73 Å². The van der Waals surface area contributed by atoms with Crippen LogP contribution in [0.15, 0.2) is 12.4 Å².